The second-order valence-electron chi connectivity index (χ2n) is 7.63. The molecule has 1 amide bonds. The van der Waals surface area contributed by atoms with Crippen LogP contribution in [0.1, 0.15) is 28.8 Å². The summed E-state index contributed by atoms with van der Waals surface area (Å²) in [6.45, 7) is 1.00. The molecule has 0 unspecified atom stereocenters. The van der Waals surface area contributed by atoms with Gasteiger partial charge >= 0.3 is 5.97 Å². The number of carbonyl (C=O) groups excluding carboxylic acids is 2. The van der Waals surface area contributed by atoms with Crippen molar-refractivity contribution < 1.29 is 22.7 Å². The van der Waals surface area contributed by atoms with Crippen molar-refractivity contribution in [3.05, 3.63) is 63.6 Å². The topological polar surface area (TPSA) is 84.0 Å². The molecule has 0 atom stereocenters. The summed E-state index contributed by atoms with van der Waals surface area (Å²) in [5, 5.41) is 0.413. The second-order valence-corrected chi connectivity index (χ2v) is 10.3. The number of ether oxygens (including phenoxy) is 1. The molecule has 1 saturated heterocycles. The molecule has 0 radical (unpaired) electrons. The van der Waals surface area contributed by atoms with Crippen molar-refractivity contribution in [2.24, 2.45) is 5.92 Å². The van der Waals surface area contributed by atoms with Gasteiger partial charge in [-0.05, 0) is 42.7 Å². The quantitative estimate of drug-likeness (QED) is 0.562. The third-order valence-electron chi connectivity index (χ3n) is 5.44. The zero-order chi connectivity index (χ0) is 23.5. The first-order chi connectivity index (χ1) is 15.1. The van der Waals surface area contributed by atoms with Crippen LogP contribution in [-0.4, -0.2) is 51.6 Å². The fourth-order valence-corrected chi connectivity index (χ4v) is 4.99. The maximum atomic E-state index is 12.8. The fraction of sp³-hybridized carbons (Fsp3) is 0.364. The normalized spacial score (nSPS) is 14.8. The Balaban J connectivity index is 1.72. The van der Waals surface area contributed by atoms with Gasteiger partial charge in [0, 0.05) is 18.7 Å². The minimum atomic E-state index is -3.64. The molecule has 0 aromatic heterocycles. The summed E-state index contributed by atoms with van der Waals surface area (Å²) in [6.07, 6.45) is 2.24. The van der Waals surface area contributed by atoms with E-state index in [9.17, 15) is 18.0 Å². The van der Waals surface area contributed by atoms with Crippen LogP contribution >= 0.6 is 23.2 Å². The maximum absolute atomic E-state index is 12.8. The lowest BCUT2D eigenvalue weighted by molar-refractivity contribution is -0.146. The number of nitrogens with zero attached hydrogens (tertiary/aromatic N) is 2. The lowest BCUT2D eigenvalue weighted by Gasteiger charge is -2.30. The van der Waals surface area contributed by atoms with Gasteiger partial charge in [-0.2, -0.15) is 0 Å². The largest absolute Gasteiger partial charge is 0.469 e. The SMILES string of the molecule is COC(=O)C1CCN(C(=O)c2ccc(CN(c3cccc(Cl)c3Cl)S(C)(=O)=O)cc2)CC1. The van der Waals surface area contributed by atoms with E-state index in [2.05, 4.69) is 0 Å². The molecule has 10 heteroatoms. The standard InChI is InChI=1S/C22H24Cl2N2O5S/c1-31-22(28)17-10-12-25(13-11-17)21(27)16-8-6-15(7-9-16)14-26(32(2,29)30)19-5-3-4-18(23)20(19)24/h3-9,17H,10-14H2,1-2H3. The second kappa shape index (κ2) is 10.1. The number of sulfonamides is 1. The van der Waals surface area contributed by atoms with Gasteiger partial charge in [0.2, 0.25) is 10.0 Å². The summed E-state index contributed by atoms with van der Waals surface area (Å²) < 4.78 is 30.8. The van der Waals surface area contributed by atoms with Gasteiger partial charge in [0.05, 0.1) is 41.6 Å². The van der Waals surface area contributed by atoms with Crippen LogP contribution < -0.4 is 4.31 Å². The minimum absolute atomic E-state index is 0.0396. The van der Waals surface area contributed by atoms with E-state index in [1.54, 1.807) is 47.4 Å². The number of likely N-dealkylation sites (tertiary alicyclic amines) is 1. The first-order valence-corrected chi connectivity index (χ1v) is 12.6. The predicted octanol–water partition coefficient (Wildman–Crippen LogP) is 3.98. The molecule has 3 rings (SSSR count). The van der Waals surface area contributed by atoms with Gasteiger partial charge < -0.3 is 9.64 Å². The van der Waals surface area contributed by atoms with E-state index in [0.717, 1.165) is 6.26 Å². The number of amides is 1. The number of methoxy groups -OCH3 is 1. The summed E-state index contributed by atoms with van der Waals surface area (Å²) in [7, 11) is -2.27. The van der Waals surface area contributed by atoms with Crippen LogP contribution in [0.3, 0.4) is 0 Å². The molecular formula is C22H24Cl2N2O5S. The van der Waals surface area contributed by atoms with Crippen LogP contribution in [0.25, 0.3) is 0 Å². The van der Waals surface area contributed by atoms with Crippen molar-refractivity contribution in [1.82, 2.24) is 4.90 Å². The lowest BCUT2D eigenvalue weighted by Crippen LogP contribution is -2.40. The van der Waals surface area contributed by atoms with Crippen molar-refractivity contribution >= 4 is 50.8 Å². The molecule has 1 heterocycles. The van der Waals surface area contributed by atoms with Gasteiger partial charge in [0.25, 0.3) is 5.91 Å². The van der Waals surface area contributed by atoms with E-state index >= 15 is 0 Å². The molecule has 2 aromatic carbocycles. The van der Waals surface area contributed by atoms with E-state index in [1.165, 1.54) is 11.4 Å². The molecule has 1 aliphatic heterocycles. The molecule has 0 aliphatic carbocycles. The zero-order valence-corrected chi connectivity index (χ0v) is 20.1. The molecule has 0 saturated carbocycles. The van der Waals surface area contributed by atoms with Crippen LogP contribution in [0, 0.1) is 5.92 Å². The highest BCUT2D eigenvalue weighted by molar-refractivity contribution is 7.92. The minimum Gasteiger partial charge on any atom is -0.469 e. The highest BCUT2D eigenvalue weighted by Crippen LogP contribution is 2.34. The average molecular weight is 499 g/mol. The Bertz CT molecular complexity index is 1100. The molecule has 1 fully saturated rings. The molecule has 2 aromatic rings. The Kier molecular flexibility index (Phi) is 7.69. The Morgan fingerprint density at radius 2 is 1.72 bits per heavy atom. The summed E-state index contributed by atoms with van der Waals surface area (Å²) in [5.74, 6) is -0.541. The summed E-state index contributed by atoms with van der Waals surface area (Å²) in [6, 6.07) is 11.6. The third kappa shape index (κ3) is 5.54. The van der Waals surface area contributed by atoms with Crippen molar-refractivity contribution in [1.29, 1.82) is 0 Å². The number of piperidine rings is 1. The van der Waals surface area contributed by atoms with Crippen molar-refractivity contribution in [3.8, 4) is 0 Å². The highest BCUT2D eigenvalue weighted by Gasteiger charge is 2.28. The number of halogens is 2. The zero-order valence-electron chi connectivity index (χ0n) is 17.8. The van der Waals surface area contributed by atoms with Gasteiger partial charge in [-0.3, -0.25) is 13.9 Å². The first-order valence-electron chi connectivity index (χ1n) is 9.99. The Morgan fingerprint density at radius 3 is 2.28 bits per heavy atom. The molecule has 172 valence electrons. The summed E-state index contributed by atoms with van der Waals surface area (Å²) in [5.41, 5.74) is 1.47. The number of hydrogen-bond acceptors (Lipinski definition) is 5. The molecule has 7 nitrogen and oxygen atoms in total. The van der Waals surface area contributed by atoms with Crippen LogP contribution in [0.4, 0.5) is 5.69 Å². The number of esters is 1. The number of carbonyl (C=O) groups is 2. The van der Waals surface area contributed by atoms with Gasteiger partial charge in [-0.1, -0.05) is 41.4 Å². The predicted molar refractivity (Wildman–Crippen MR) is 125 cm³/mol. The molecule has 0 N–H and O–H groups in total. The summed E-state index contributed by atoms with van der Waals surface area (Å²) in [4.78, 5) is 26.2. The van der Waals surface area contributed by atoms with Crippen LogP contribution in [0.5, 0.6) is 0 Å². The van der Waals surface area contributed by atoms with Crippen molar-refractivity contribution in [2.75, 3.05) is 30.8 Å². The third-order valence-corrected chi connectivity index (χ3v) is 7.38. The molecular weight excluding hydrogens is 475 g/mol. The first kappa shape index (κ1) is 24.4. The Morgan fingerprint density at radius 1 is 1.09 bits per heavy atom. The Hall–Kier alpha value is -2.29. The van der Waals surface area contributed by atoms with Gasteiger partial charge in [-0.15, -0.1) is 0 Å². The van der Waals surface area contributed by atoms with Crippen LogP contribution in [0.2, 0.25) is 10.0 Å². The van der Waals surface area contributed by atoms with Crippen molar-refractivity contribution in [2.45, 2.75) is 19.4 Å². The molecule has 0 spiro atoms. The fourth-order valence-electron chi connectivity index (χ4n) is 3.65. The molecule has 0 bridgehead atoms. The smallest absolute Gasteiger partial charge is 0.308 e. The number of rotatable bonds is 6. The number of hydrogen-bond donors (Lipinski definition) is 0. The average Bonchev–Trinajstić information content (AvgIpc) is 2.78. The van der Waals surface area contributed by atoms with E-state index in [-0.39, 0.29) is 40.1 Å². The van der Waals surface area contributed by atoms with Crippen molar-refractivity contribution in [3.63, 3.8) is 0 Å². The number of benzene rings is 2. The van der Waals surface area contributed by atoms with E-state index in [4.69, 9.17) is 27.9 Å². The van der Waals surface area contributed by atoms with Crippen LogP contribution in [0.15, 0.2) is 42.5 Å². The number of anilines is 1. The molecule has 1 aliphatic rings. The highest BCUT2D eigenvalue weighted by atomic mass is 35.5. The monoisotopic (exact) mass is 498 g/mol. The van der Waals surface area contributed by atoms with E-state index in [0.29, 0.717) is 37.1 Å². The van der Waals surface area contributed by atoms with Gasteiger partial charge in [0.15, 0.2) is 0 Å². The maximum Gasteiger partial charge on any atom is 0.308 e. The Labute approximate surface area is 197 Å². The lowest BCUT2D eigenvalue weighted by atomic mass is 9.96. The molecule has 32 heavy (non-hydrogen) atoms. The van der Waals surface area contributed by atoms with Crippen LogP contribution in [-0.2, 0) is 26.1 Å². The van der Waals surface area contributed by atoms with Gasteiger partial charge in [0.1, 0.15) is 0 Å². The van der Waals surface area contributed by atoms with Gasteiger partial charge in [-0.25, -0.2) is 8.42 Å². The summed E-state index contributed by atoms with van der Waals surface area (Å²) >= 11 is 12.3. The van der Waals surface area contributed by atoms with E-state index < -0.39 is 10.0 Å². The van der Waals surface area contributed by atoms with E-state index in [1.807, 2.05) is 0 Å².